The van der Waals surface area contributed by atoms with E-state index in [9.17, 15) is 10.2 Å². The standard InChI is InChI=1S/C44H46O2/c1-25(2)33-11-9-27(5)41-37(23-33)29(7)21-39(41)43(31-13-17-35(45)18-14-31)44(32-15-19-36(46)20-16-32)40-22-30(8)38-24-34(26(3)4)12-10-28(6)42(38)40/h9-26,43-46H,1-8H3/t43-,44-/m0/s1. The Morgan fingerprint density at radius 3 is 1.04 bits per heavy atom. The van der Waals surface area contributed by atoms with Crippen molar-refractivity contribution in [3.8, 4) is 33.8 Å². The SMILES string of the molecule is Cc1cc([C@H](c2ccc(O)cc2)[C@@H](c2ccc(O)cc2)c2cc(C)c3cc(C(C)C)ccc(C)c2-3)c2c(C)ccc(C(C)C)cc1-2. The summed E-state index contributed by atoms with van der Waals surface area (Å²) in [5, 5.41) is 20.8. The molecule has 4 aliphatic rings. The predicted octanol–water partition coefficient (Wildman–Crippen LogP) is 11.8. The molecule has 0 aromatic heterocycles. The Labute approximate surface area is 275 Å². The number of rotatable bonds is 7. The van der Waals surface area contributed by atoms with E-state index in [0.717, 1.165) is 11.1 Å². The molecule has 234 valence electrons. The van der Waals surface area contributed by atoms with Gasteiger partial charge in [0.2, 0.25) is 0 Å². The van der Waals surface area contributed by atoms with Crippen LogP contribution < -0.4 is 0 Å². The van der Waals surface area contributed by atoms with Gasteiger partial charge >= 0.3 is 0 Å². The smallest absolute Gasteiger partial charge is 0.115 e. The highest BCUT2D eigenvalue weighted by molar-refractivity contribution is 5.82. The fraction of sp³-hybridized carbons (Fsp3) is 0.273. The van der Waals surface area contributed by atoms with Crippen molar-refractivity contribution in [3.63, 3.8) is 0 Å². The first kappa shape index (κ1) is 31.4. The maximum absolute atomic E-state index is 10.4. The molecule has 0 saturated heterocycles. The lowest BCUT2D eigenvalue weighted by Crippen LogP contribution is -2.15. The van der Waals surface area contributed by atoms with Gasteiger partial charge in [-0.25, -0.2) is 0 Å². The molecule has 2 heteroatoms. The summed E-state index contributed by atoms with van der Waals surface area (Å²) in [6, 6.07) is 34.3. The quantitative estimate of drug-likeness (QED) is 0.190. The van der Waals surface area contributed by atoms with E-state index < -0.39 is 0 Å². The van der Waals surface area contributed by atoms with Crippen LogP contribution in [0.15, 0.2) is 97.1 Å². The molecular weight excluding hydrogens is 560 g/mol. The zero-order chi connectivity index (χ0) is 32.9. The molecule has 2 aromatic carbocycles. The molecule has 2 N–H and O–H groups in total. The fourth-order valence-corrected chi connectivity index (χ4v) is 7.44. The van der Waals surface area contributed by atoms with Crippen LogP contribution in [0.25, 0.3) is 22.3 Å². The molecular formula is C44H46O2. The molecule has 0 aliphatic heterocycles. The largest absolute Gasteiger partial charge is 0.508 e. The first-order valence-electron chi connectivity index (χ1n) is 16.6. The minimum Gasteiger partial charge on any atom is -0.508 e. The third kappa shape index (κ3) is 5.66. The van der Waals surface area contributed by atoms with Crippen molar-refractivity contribution in [2.45, 2.75) is 79.1 Å². The zero-order valence-electron chi connectivity index (χ0n) is 28.4. The molecule has 2 nitrogen and oxygen atoms in total. The molecule has 46 heavy (non-hydrogen) atoms. The van der Waals surface area contributed by atoms with Gasteiger partial charge in [-0.05, 0) is 142 Å². The van der Waals surface area contributed by atoms with Crippen molar-refractivity contribution < 1.29 is 10.2 Å². The van der Waals surface area contributed by atoms with Crippen LogP contribution in [0.4, 0.5) is 0 Å². The highest BCUT2D eigenvalue weighted by atomic mass is 16.3. The second kappa shape index (κ2) is 12.3. The summed E-state index contributed by atoms with van der Waals surface area (Å²) in [6.07, 6.45) is 0. The van der Waals surface area contributed by atoms with Crippen LogP contribution in [0.3, 0.4) is 0 Å². The molecule has 2 atom stereocenters. The molecule has 2 aromatic rings. The summed E-state index contributed by atoms with van der Waals surface area (Å²) in [6.45, 7) is 18.0. The highest BCUT2D eigenvalue weighted by Crippen LogP contribution is 2.53. The average Bonchev–Trinajstić information content (AvgIpc) is 3.35. The van der Waals surface area contributed by atoms with E-state index in [2.05, 4.69) is 128 Å². The van der Waals surface area contributed by atoms with Crippen LogP contribution in [0.5, 0.6) is 11.5 Å². The fourth-order valence-electron chi connectivity index (χ4n) is 7.44. The molecule has 0 spiro atoms. The monoisotopic (exact) mass is 606 g/mol. The normalized spacial score (nSPS) is 13.2. The van der Waals surface area contributed by atoms with E-state index in [4.69, 9.17) is 0 Å². The maximum Gasteiger partial charge on any atom is 0.115 e. The van der Waals surface area contributed by atoms with Crippen molar-refractivity contribution in [1.82, 2.24) is 0 Å². The number of aromatic hydroxyl groups is 2. The average molecular weight is 607 g/mol. The molecule has 0 amide bonds. The van der Waals surface area contributed by atoms with Gasteiger partial charge < -0.3 is 10.2 Å². The predicted molar refractivity (Wildman–Crippen MR) is 193 cm³/mol. The third-order valence-corrected chi connectivity index (χ3v) is 10.0. The number of hydrogen-bond donors (Lipinski definition) is 2. The molecule has 4 aliphatic carbocycles. The Kier molecular flexibility index (Phi) is 8.42. The Balaban J connectivity index is 1.71. The van der Waals surface area contributed by atoms with Gasteiger partial charge in [-0.2, -0.15) is 0 Å². The van der Waals surface area contributed by atoms with E-state index in [1.54, 1.807) is 0 Å². The summed E-state index contributed by atoms with van der Waals surface area (Å²) >= 11 is 0. The number of benzene rings is 2. The van der Waals surface area contributed by atoms with Crippen molar-refractivity contribution in [3.05, 3.63) is 153 Å². The number of aryl methyl sites for hydroxylation is 4. The number of fused-ring (bicyclic) bond motifs is 2. The lowest BCUT2D eigenvalue weighted by atomic mass is 9.72. The second-order valence-electron chi connectivity index (χ2n) is 13.9. The van der Waals surface area contributed by atoms with Crippen LogP contribution in [0.2, 0.25) is 0 Å². The van der Waals surface area contributed by atoms with E-state index in [1.165, 1.54) is 66.8 Å². The van der Waals surface area contributed by atoms with Crippen LogP contribution in [-0.2, 0) is 0 Å². The van der Waals surface area contributed by atoms with Crippen molar-refractivity contribution in [2.24, 2.45) is 0 Å². The minimum atomic E-state index is -0.0653. The van der Waals surface area contributed by atoms with Crippen LogP contribution in [0, 0.1) is 27.7 Å². The molecule has 0 fully saturated rings. The molecule has 0 bridgehead atoms. The van der Waals surface area contributed by atoms with E-state index >= 15 is 0 Å². The highest BCUT2D eigenvalue weighted by Gasteiger charge is 2.35. The van der Waals surface area contributed by atoms with Gasteiger partial charge in [-0.15, -0.1) is 0 Å². The van der Waals surface area contributed by atoms with Crippen molar-refractivity contribution in [2.75, 3.05) is 0 Å². The summed E-state index contributed by atoms with van der Waals surface area (Å²) in [7, 11) is 0. The van der Waals surface area contributed by atoms with E-state index in [0.29, 0.717) is 11.8 Å². The lowest BCUT2D eigenvalue weighted by Gasteiger charge is -2.30. The first-order chi connectivity index (χ1) is 21.9. The van der Waals surface area contributed by atoms with Gasteiger partial charge in [0.25, 0.3) is 0 Å². The zero-order valence-corrected chi connectivity index (χ0v) is 28.4. The van der Waals surface area contributed by atoms with Crippen LogP contribution >= 0.6 is 0 Å². The first-order valence-corrected chi connectivity index (χ1v) is 16.6. The summed E-state index contributed by atoms with van der Waals surface area (Å²) < 4.78 is 0. The topological polar surface area (TPSA) is 40.5 Å². The third-order valence-electron chi connectivity index (χ3n) is 10.0. The molecule has 0 radical (unpaired) electrons. The molecule has 0 heterocycles. The van der Waals surface area contributed by atoms with Gasteiger partial charge in [0.05, 0.1) is 0 Å². The second-order valence-corrected chi connectivity index (χ2v) is 13.9. The molecule has 6 rings (SSSR count). The van der Waals surface area contributed by atoms with E-state index in [-0.39, 0.29) is 23.3 Å². The summed E-state index contributed by atoms with van der Waals surface area (Å²) in [5.41, 5.74) is 17.7. The maximum atomic E-state index is 10.4. The Hall–Kier alpha value is -4.56. The van der Waals surface area contributed by atoms with Gasteiger partial charge in [0.15, 0.2) is 0 Å². The van der Waals surface area contributed by atoms with Gasteiger partial charge in [-0.3, -0.25) is 0 Å². The van der Waals surface area contributed by atoms with Crippen molar-refractivity contribution >= 4 is 0 Å². The van der Waals surface area contributed by atoms with Crippen LogP contribution in [-0.4, -0.2) is 10.2 Å². The number of phenolic OH excluding ortho intramolecular Hbond substituents is 2. The number of phenols is 2. The molecule has 0 unspecified atom stereocenters. The van der Waals surface area contributed by atoms with Gasteiger partial charge in [0.1, 0.15) is 11.5 Å². The number of hydrogen-bond acceptors (Lipinski definition) is 2. The summed E-state index contributed by atoms with van der Waals surface area (Å²) in [5.74, 6) is 1.23. The van der Waals surface area contributed by atoms with Crippen molar-refractivity contribution in [1.29, 1.82) is 0 Å². The van der Waals surface area contributed by atoms with E-state index in [1.807, 2.05) is 24.3 Å². The Bertz CT molecular complexity index is 1800. The molecule has 0 saturated carbocycles. The minimum absolute atomic E-state index is 0.0653. The van der Waals surface area contributed by atoms with Crippen LogP contribution in [0.1, 0.15) is 107 Å². The summed E-state index contributed by atoms with van der Waals surface area (Å²) in [4.78, 5) is 0. The van der Waals surface area contributed by atoms with Gasteiger partial charge in [0, 0.05) is 11.8 Å². The Morgan fingerprint density at radius 1 is 0.391 bits per heavy atom. The van der Waals surface area contributed by atoms with Gasteiger partial charge in [-0.1, -0.05) is 100 Å². The Morgan fingerprint density at radius 2 is 0.717 bits per heavy atom. The lowest BCUT2D eigenvalue weighted by molar-refractivity contribution is 0.474.